The first-order chi connectivity index (χ1) is 9.63. The summed E-state index contributed by atoms with van der Waals surface area (Å²) in [6.07, 6.45) is 1.51. The van der Waals surface area contributed by atoms with Crippen molar-refractivity contribution in [3.8, 4) is 0 Å². The maximum atomic E-state index is 5.75. The molecule has 0 saturated heterocycles. The van der Waals surface area contributed by atoms with E-state index in [1.54, 1.807) is 0 Å². The van der Waals surface area contributed by atoms with Crippen LogP contribution >= 0.6 is 0 Å². The minimum absolute atomic E-state index is 0.477. The van der Waals surface area contributed by atoms with Gasteiger partial charge in [0, 0.05) is 11.1 Å². The molecule has 0 atom stereocenters. The van der Waals surface area contributed by atoms with E-state index in [1.165, 1.54) is 6.33 Å². The Kier molecular flexibility index (Phi) is 2.98. The first kappa shape index (κ1) is 12.4. The van der Waals surface area contributed by atoms with Gasteiger partial charge in [-0.1, -0.05) is 0 Å². The highest BCUT2D eigenvalue weighted by Gasteiger charge is 2.07. The van der Waals surface area contributed by atoms with E-state index < -0.39 is 0 Å². The Morgan fingerprint density at radius 3 is 2.85 bits per heavy atom. The lowest BCUT2D eigenvalue weighted by atomic mass is 10.2. The Hall–Kier alpha value is -2.63. The van der Waals surface area contributed by atoms with Crippen LogP contribution in [0.25, 0.3) is 10.9 Å². The number of fused-ring (bicyclic) bond motifs is 1. The Balaban J connectivity index is 1.87. The lowest BCUT2D eigenvalue weighted by Gasteiger charge is -2.06. The minimum atomic E-state index is 0.477. The van der Waals surface area contributed by atoms with Crippen molar-refractivity contribution in [2.24, 2.45) is 0 Å². The van der Waals surface area contributed by atoms with E-state index in [4.69, 9.17) is 10.2 Å². The largest absolute Gasteiger partial charge is 0.444 e. The Bertz CT molecular complexity index is 746. The number of anilines is 2. The number of nitrogens with two attached hydrogens (primary N) is 1. The molecule has 3 rings (SSSR count). The molecule has 3 N–H and O–H groups in total. The summed E-state index contributed by atoms with van der Waals surface area (Å²) in [6.45, 7) is 4.30. The van der Waals surface area contributed by atoms with Gasteiger partial charge in [0.05, 0.1) is 17.8 Å². The van der Waals surface area contributed by atoms with Crippen molar-refractivity contribution in [3.05, 3.63) is 41.9 Å². The van der Waals surface area contributed by atoms with Crippen molar-refractivity contribution in [2.45, 2.75) is 20.4 Å². The Labute approximate surface area is 116 Å². The number of aryl methyl sites for hydroxylation is 2. The number of oxazole rings is 1. The highest BCUT2D eigenvalue weighted by Crippen LogP contribution is 2.21. The molecule has 0 bridgehead atoms. The van der Waals surface area contributed by atoms with E-state index in [0.29, 0.717) is 18.1 Å². The predicted octanol–water partition coefficient (Wildman–Crippen LogP) is 2.43. The number of hydrogen-bond donors (Lipinski definition) is 2. The fourth-order valence-electron chi connectivity index (χ4n) is 1.99. The van der Waals surface area contributed by atoms with Gasteiger partial charge in [-0.2, -0.15) is 0 Å². The van der Waals surface area contributed by atoms with Crippen molar-refractivity contribution < 1.29 is 4.42 Å². The molecule has 0 aliphatic heterocycles. The fraction of sp³-hybridized carbons (Fsp3) is 0.214. The number of hydrogen-bond acceptors (Lipinski definition) is 6. The van der Waals surface area contributed by atoms with Crippen LogP contribution in [0.2, 0.25) is 0 Å². The van der Waals surface area contributed by atoms with Crippen LogP contribution < -0.4 is 11.1 Å². The minimum Gasteiger partial charge on any atom is -0.444 e. The standard InChI is InChI=1S/C14H15N5O/c1-8-9(2)20-13(19-8)6-16-14-11-4-3-10(15)5-12(11)17-7-18-14/h3-5,7H,6,15H2,1-2H3,(H,16,17,18). The SMILES string of the molecule is Cc1nc(CNc2ncnc3cc(N)ccc23)oc1C. The molecule has 0 aliphatic rings. The molecule has 0 amide bonds. The van der Waals surface area contributed by atoms with E-state index in [9.17, 15) is 0 Å². The van der Waals surface area contributed by atoms with Crippen LogP contribution in [0, 0.1) is 13.8 Å². The van der Waals surface area contributed by atoms with Gasteiger partial charge in [0.1, 0.15) is 17.9 Å². The third-order valence-electron chi connectivity index (χ3n) is 3.14. The molecular weight excluding hydrogens is 254 g/mol. The number of benzene rings is 1. The lowest BCUT2D eigenvalue weighted by molar-refractivity contribution is 0.478. The van der Waals surface area contributed by atoms with Crippen LogP contribution in [-0.2, 0) is 6.54 Å². The molecule has 6 heteroatoms. The second kappa shape index (κ2) is 4.80. The summed E-state index contributed by atoms with van der Waals surface area (Å²) in [7, 11) is 0. The molecule has 20 heavy (non-hydrogen) atoms. The topological polar surface area (TPSA) is 89.9 Å². The maximum absolute atomic E-state index is 5.75. The van der Waals surface area contributed by atoms with E-state index >= 15 is 0 Å². The van der Waals surface area contributed by atoms with Crippen molar-refractivity contribution >= 4 is 22.4 Å². The maximum Gasteiger partial charge on any atom is 0.213 e. The molecule has 1 aromatic carbocycles. The van der Waals surface area contributed by atoms with Gasteiger partial charge in [0.25, 0.3) is 0 Å². The van der Waals surface area contributed by atoms with Crippen LogP contribution in [0.5, 0.6) is 0 Å². The van der Waals surface area contributed by atoms with Crippen LogP contribution in [0.1, 0.15) is 17.3 Å². The predicted molar refractivity (Wildman–Crippen MR) is 77.3 cm³/mol. The monoisotopic (exact) mass is 269 g/mol. The first-order valence-corrected chi connectivity index (χ1v) is 6.30. The van der Waals surface area contributed by atoms with Crippen molar-refractivity contribution in [2.75, 3.05) is 11.1 Å². The molecule has 2 heterocycles. The van der Waals surface area contributed by atoms with Crippen molar-refractivity contribution in [3.63, 3.8) is 0 Å². The van der Waals surface area contributed by atoms with Gasteiger partial charge in [0.2, 0.25) is 5.89 Å². The number of nitrogens with zero attached hydrogens (tertiary/aromatic N) is 3. The molecule has 0 saturated carbocycles. The summed E-state index contributed by atoms with van der Waals surface area (Å²) < 4.78 is 5.53. The summed E-state index contributed by atoms with van der Waals surface area (Å²) in [5.41, 5.74) is 8.15. The van der Waals surface area contributed by atoms with Gasteiger partial charge in [-0.15, -0.1) is 0 Å². The smallest absolute Gasteiger partial charge is 0.213 e. The average Bonchev–Trinajstić information content (AvgIpc) is 2.75. The van der Waals surface area contributed by atoms with Gasteiger partial charge in [-0.25, -0.2) is 15.0 Å². The molecular formula is C14H15N5O. The first-order valence-electron chi connectivity index (χ1n) is 6.30. The Morgan fingerprint density at radius 1 is 1.25 bits per heavy atom. The number of aromatic nitrogens is 3. The van der Waals surface area contributed by atoms with Gasteiger partial charge in [-0.3, -0.25) is 0 Å². The molecule has 0 aliphatic carbocycles. The van der Waals surface area contributed by atoms with Gasteiger partial charge in [-0.05, 0) is 32.0 Å². The van der Waals surface area contributed by atoms with Crippen molar-refractivity contribution in [1.82, 2.24) is 15.0 Å². The normalized spacial score (nSPS) is 10.9. The highest BCUT2D eigenvalue weighted by atomic mass is 16.4. The van der Waals surface area contributed by atoms with Gasteiger partial charge >= 0.3 is 0 Å². The van der Waals surface area contributed by atoms with E-state index in [-0.39, 0.29) is 0 Å². The number of nitrogens with one attached hydrogen (secondary N) is 1. The summed E-state index contributed by atoms with van der Waals surface area (Å²) in [6, 6.07) is 5.55. The summed E-state index contributed by atoms with van der Waals surface area (Å²) in [5, 5.41) is 4.13. The number of nitrogen functional groups attached to an aromatic ring is 1. The second-order valence-corrected chi connectivity index (χ2v) is 4.60. The van der Waals surface area contributed by atoms with E-state index in [0.717, 1.165) is 28.2 Å². The molecule has 0 unspecified atom stereocenters. The van der Waals surface area contributed by atoms with Crippen LogP contribution in [-0.4, -0.2) is 15.0 Å². The fourth-order valence-corrected chi connectivity index (χ4v) is 1.99. The third kappa shape index (κ3) is 2.27. The lowest BCUT2D eigenvalue weighted by Crippen LogP contribution is -2.03. The zero-order valence-electron chi connectivity index (χ0n) is 11.3. The molecule has 2 aromatic heterocycles. The van der Waals surface area contributed by atoms with Gasteiger partial charge in [0.15, 0.2) is 0 Å². The van der Waals surface area contributed by atoms with Crippen molar-refractivity contribution in [1.29, 1.82) is 0 Å². The van der Waals surface area contributed by atoms with E-state index in [1.807, 2.05) is 32.0 Å². The zero-order valence-corrected chi connectivity index (χ0v) is 11.3. The molecule has 0 fully saturated rings. The van der Waals surface area contributed by atoms with Crippen LogP contribution in [0.3, 0.4) is 0 Å². The second-order valence-electron chi connectivity index (χ2n) is 4.60. The van der Waals surface area contributed by atoms with Crippen LogP contribution in [0.15, 0.2) is 28.9 Å². The number of rotatable bonds is 3. The quantitative estimate of drug-likeness (QED) is 0.710. The summed E-state index contributed by atoms with van der Waals surface area (Å²) in [5.74, 6) is 2.22. The van der Waals surface area contributed by atoms with Crippen LogP contribution in [0.4, 0.5) is 11.5 Å². The highest BCUT2D eigenvalue weighted by molar-refractivity contribution is 5.90. The van der Waals surface area contributed by atoms with E-state index in [2.05, 4.69) is 20.3 Å². The molecule has 0 spiro atoms. The molecule has 6 nitrogen and oxygen atoms in total. The zero-order chi connectivity index (χ0) is 14.1. The summed E-state index contributed by atoms with van der Waals surface area (Å²) >= 11 is 0. The van der Waals surface area contributed by atoms with Gasteiger partial charge < -0.3 is 15.5 Å². The third-order valence-corrected chi connectivity index (χ3v) is 3.14. The average molecular weight is 269 g/mol. The summed E-state index contributed by atoms with van der Waals surface area (Å²) in [4.78, 5) is 12.8. The molecule has 0 radical (unpaired) electrons. The Morgan fingerprint density at radius 2 is 2.10 bits per heavy atom. The molecule has 3 aromatic rings. The molecule has 102 valence electrons.